The van der Waals surface area contributed by atoms with Crippen LogP contribution in [-0.2, 0) is 0 Å². The van der Waals surface area contributed by atoms with Crippen molar-refractivity contribution in [1.29, 1.82) is 0 Å². The van der Waals surface area contributed by atoms with E-state index in [9.17, 15) is 0 Å². The number of benzene rings is 1. The minimum Gasteiger partial charge on any atom is -0.399 e. The number of alkyl halides is 1. The van der Waals surface area contributed by atoms with Crippen LogP contribution >= 0.6 is 15.9 Å². The molecule has 1 nitrogen and oxygen atoms in total. The van der Waals surface area contributed by atoms with Gasteiger partial charge in [-0.05, 0) is 29.7 Å². The lowest BCUT2D eigenvalue weighted by Gasteiger charge is -2.10. The van der Waals surface area contributed by atoms with Crippen molar-refractivity contribution in [2.75, 3.05) is 5.73 Å². The molecule has 0 aromatic heterocycles. The van der Waals surface area contributed by atoms with E-state index in [1.54, 1.807) is 0 Å². The molecule has 14 heavy (non-hydrogen) atoms. The third kappa shape index (κ3) is 2.07. The molecule has 0 spiro atoms. The van der Waals surface area contributed by atoms with Gasteiger partial charge in [-0.1, -0.05) is 46.3 Å². The Kier molecular flexibility index (Phi) is 2.73. The second-order valence-electron chi connectivity index (χ2n) is 3.39. The summed E-state index contributed by atoms with van der Waals surface area (Å²) in [6.45, 7) is 0. The van der Waals surface area contributed by atoms with Gasteiger partial charge in [0.15, 0.2) is 0 Å². The third-order valence-corrected chi connectivity index (χ3v) is 2.97. The highest BCUT2D eigenvalue weighted by atomic mass is 79.9. The highest BCUT2D eigenvalue weighted by Crippen LogP contribution is 2.24. The van der Waals surface area contributed by atoms with Gasteiger partial charge in [-0.25, -0.2) is 0 Å². The van der Waals surface area contributed by atoms with Crippen molar-refractivity contribution >= 4 is 27.2 Å². The SMILES string of the molecule is Nc1ccc(C2=CCC(Br)C=C2)cc1. The van der Waals surface area contributed by atoms with Crippen LogP contribution in [-0.4, -0.2) is 4.83 Å². The van der Waals surface area contributed by atoms with E-state index in [1.165, 1.54) is 11.1 Å². The zero-order valence-electron chi connectivity index (χ0n) is 7.78. The predicted octanol–water partition coefficient (Wildman–Crippen LogP) is 3.38. The van der Waals surface area contributed by atoms with Gasteiger partial charge in [-0.3, -0.25) is 0 Å². The molecule has 0 bridgehead atoms. The fourth-order valence-electron chi connectivity index (χ4n) is 1.48. The van der Waals surface area contributed by atoms with E-state index in [0.717, 1.165) is 12.1 Å². The average Bonchev–Trinajstić information content (AvgIpc) is 2.21. The summed E-state index contributed by atoms with van der Waals surface area (Å²) in [5.41, 5.74) is 8.96. The zero-order valence-corrected chi connectivity index (χ0v) is 9.37. The molecule has 1 unspecified atom stereocenters. The molecule has 1 aromatic carbocycles. The van der Waals surface area contributed by atoms with E-state index in [4.69, 9.17) is 5.73 Å². The molecule has 1 aromatic rings. The average molecular weight is 250 g/mol. The summed E-state index contributed by atoms with van der Waals surface area (Å²) in [5.74, 6) is 0. The quantitative estimate of drug-likeness (QED) is 0.600. The Balaban J connectivity index is 2.24. The Labute approximate surface area is 92.4 Å². The molecule has 0 radical (unpaired) electrons. The van der Waals surface area contributed by atoms with Crippen LogP contribution in [0, 0.1) is 0 Å². The molecular formula is C12H12BrN. The van der Waals surface area contributed by atoms with Gasteiger partial charge < -0.3 is 5.73 Å². The molecule has 0 saturated heterocycles. The largest absolute Gasteiger partial charge is 0.399 e. The van der Waals surface area contributed by atoms with Crippen LogP contribution in [0.3, 0.4) is 0 Å². The second kappa shape index (κ2) is 4.01. The number of allylic oxidation sites excluding steroid dienone is 4. The highest BCUT2D eigenvalue weighted by Gasteiger charge is 2.05. The van der Waals surface area contributed by atoms with Crippen LogP contribution in [0.25, 0.3) is 5.57 Å². The number of anilines is 1. The molecule has 2 N–H and O–H groups in total. The van der Waals surface area contributed by atoms with Crippen LogP contribution in [0.2, 0.25) is 0 Å². The van der Waals surface area contributed by atoms with Gasteiger partial charge in [0, 0.05) is 10.5 Å². The molecule has 1 atom stereocenters. The highest BCUT2D eigenvalue weighted by molar-refractivity contribution is 9.09. The first-order valence-electron chi connectivity index (χ1n) is 4.64. The van der Waals surface area contributed by atoms with E-state index in [-0.39, 0.29) is 0 Å². The Bertz CT molecular complexity index is 376. The molecule has 72 valence electrons. The molecule has 1 aliphatic rings. The molecule has 2 rings (SSSR count). The molecule has 0 amide bonds. The summed E-state index contributed by atoms with van der Waals surface area (Å²) in [6.07, 6.45) is 7.61. The maximum Gasteiger partial charge on any atom is 0.0363 e. The first-order valence-corrected chi connectivity index (χ1v) is 5.55. The first kappa shape index (κ1) is 9.53. The van der Waals surface area contributed by atoms with E-state index in [2.05, 4.69) is 46.3 Å². The molecule has 0 heterocycles. The summed E-state index contributed by atoms with van der Waals surface area (Å²) in [4.78, 5) is 0.486. The monoisotopic (exact) mass is 249 g/mol. The number of nitrogens with two attached hydrogens (primary N) is 1. The van der Waals surface area contributed by atoms with Gasteiger partial charge in [-0.2, -0.15) is 0 Å². The lowest BCUT2D eigenvalue weighted by molar-refractivity contribution is 1.08. The van der Waals surface area contributed by atoms with Gasteiger partial charge in [0.25, 0.3) is 0 Å². The number of rotatable bonds is 1. The second-order valence-corrected chi connectivity index (χ2v) is 4.57. The Hall–Kier alpha value is -1.02. The van der Waals surface area contributed by atoms with Crippen molar-refractivity contribution in [2.24, 2.45) is 0 Å². The van der Waals surface area contributed by atoms with Crippen molar-refractivity contribution in [3.8, 4) is 0 Å². The topological polar surface area (TPSA) is 26.0 Å². The van der Waals surface area contributed by atoms with E-state index in [0.29, 0.717) is 4.83 Å². The van der Waals surface area contributed by atoms with Crippen molar-refractivity contribution in [3.05, 3.63) is 48.1 Å². The minimum atomic E-state index is 0.486. The zero-order chi connectivity index (χ0) is 9.97. The standard InChI is InChI=1S/C12H12BrN/c13-11-5-1-9(2-6-11)10-3-7-12(14)8-4-10/h1-5,7-8,11H,6,14H2. The molecule has 1 aliphatic carbocycles. The summed E-state index contributed by atoms with van der Waals surface area (Å²) in [7, 11) is 0. The Morgan fingerprint density at radius 3 is 2.50 bits per heavy atom. The number of hydrogen-bond acceptors (Lipinski definition) is 1. The summed E-state index contributed by atoms with van der Waals surface area (Å²) < 4.78 is 0. The lowest BCUT2D eigenvalue weighted by atomic mass is 9.99. The van der Waals surface area contributed by atoms with Crippen molar-refractivity contribution in [2.45, 2.75) is 11.2 Å². The third-order valence-electron chi connectivity index (χ3n) is 2.29. The van der Waals surface area contributed by atoms with Crippen LogP contribution in [0.1, 0.15) is 12.0 Å². The van der Waals surface area contributed by atoms with Crippen LogP contribution in [0.4, 0.5) is 5.69 Å². The first-order chi connectivity index (χ1) is 6.75. The Morgan fingerprint density at radius 1 is 1.21 bits per heavy atom. The molecular weight excluding hydrogens is 238 g/mol. The molecule has 0 saturated carbocycles. The molecule has 2 heteroatoms. The summed E-state index contributed by atoms with van der Waals surface area (Å²) in [5, 5.41) is 0. The Morgan fingerprint density at radius 2 is 1.93 bits per heavy atom. The van der Waals surface area contributed by atoms with Crippen molar-refractivity contribution < 1.29 is 0 Å². The fraction of sp³-hybridized carbons (Fsp3) is 0.167. The maximum absolute atomic E-state index is 5.63. The lowest BCUT2D eigenvalue weighted by Crippen LogP contribution is -1.96. The summed E-state index contributed by atoms with van der Waals surface area (Å²) in [6, 6.07) is 7.98. The van der Waals surface area contributed by atoms with Crippen molar-refractivity contribution in [3.63, 3.8) is 0 Å². The normalized spacial score (nSPS) is 20.6. The van der Waals surface area contributed by atoms with Crippen LogP contribution < -0.4 is 5.73 Å². The summed E-state index contributed by atoms with van der Waals surface area (Å²) >= 11 is 3.55. The van der Waals surface area contributed by atoms with Gasteiger partial charge in [0.1, 0.15) is 0 Å². The smallest absolute Gasteiger partial charge is 0.0363 e. The van der Waals surface area contributed by atoms with Gasteiger partial charge >= 0.3 is 0 Å². The van der Waals surface area contributed by atoms with Gasteiger partial charge in [0.05, 0.1) is 0 Å². The van der Waals surface area contributed by atoms with E-state index < -0.39 is 0 Å². The van der Waals surface area contributed by atoms with E-state index in [1.807, 2.05) is 12.1 Å². The fourth-order valence-corrected chi connectivity index (χ4v) is 1.82. The minimum absolute atomic E-state index is 0.486. The number of halogens is 1. The van der Waals surface area contributed by atoms with Gasteiger partial charge in [0.2, 0.25) is 0 Å². The van der Waals surface area contributed by atoms with Crippen LogP contribution in [0.15, 0.2) is 42.5 Å². The maximum atomic E-state index is 5.63. The van der Waals surface area contributed by atoms with Crippen molar-refractivity contribution in [1.82, 2.24) is 0 Å². The molecule has 0 fully saturated rings. The molecule has 0 aliphatic heterocycles. The number of hydrogen-bond donors (Lipinski definition) is 1. The van der Waals surface area contributed by atoms with Crippen LogP contribution in [0.5, 0.6) is 0 Å². The van der Waals surface area contributed by atoms with Gasteiger partial charge in [-0.15, -0.1) is 0 Å². The van der Waals surface area contributed by atoms with E-state index >= 15 is 0 Å². The predicted molar refractivity (Wildman–Crippen MR) is 65.3 cm³/mol. The number of nitrogen functional groups attached to an aromatic ring is 1.